The molecule has 0 heteroatoms. The summed E-state index contributed by atoms with van der Waals surface area (Å²) in [6, 6.07) is 87.6. The van der Waals surface area contributed by atoms with Gasteiger partial charge in [-0.15, -0.1) is 0 Å². The van der Waals surface area contributed by atoms with Crippen LogP contribution in [0.2, 0.25) is 0 Å². The van der Waals surface area contributed by atoms with Crippen LogP contribution in [0.25, 0.3) is 121 Å². The molecule has 0 spiro atoms. The molecule has 0 atom stereocenters. The summed E-state index contributed by atoms with van der Waals surface area (Å²) in [5.74, 6) is 0. The second-order valence-corrected chi connectivity index (χ2v) is 29.8. The fraction of sp³-hybridized carbons (Fsp3) is 0.340. The van der Waals surface area contributed by atoms with E-state index in [2.05, 4.69) is 260 Å². The maximum Gasteiger partial charge on any atom is 0.0215 e. The molecule has 12 aromatic rings. The second-order valence-electron chi connectivity index (χ2n) is 29.8. The number of rotatable bonds is 28. The Morgan fingerprint density at radius 3 is 0.588 bits per heavy atom. The largest absolute Gasteiger partial charge is 0.0654 e. The van der Waals surface area contributed by atoms with Crippen molar-refractivity contribution in [2.45, 2.75) is 212 Å². The lowest BCUT2D eigenvalue weighted by atomic mass is 9.69. The van der Waals surface area contributed by atoms with Crippen molar-refractivity contribution in [3.8, 4) is 77.9 Å². The number of fused-ring (bicyclic) bond motifs is 13. The van der Waals surface area contributed by atoms with Gasteiger partial charge in [-0.3, -0.25) is 0 Å². The van der Waals surface area contributed by atoms with Crippen LogP contribution >= 0.6 is 0 Å². The van der Waals surface area contributed by atoms with Crippen molar-refractivity contribution in [3.63, 3.8) is 0 Å². The molecule has 12 aromatic carbocycles. The van der Waals surface area contributed by atoms with Gasteiger partial charge in [0.2, 0.25) is 0 Å². The fourth-order valence-electron chi connectivity index (χ4n) is 19.6. The normalized spacial score (nSPS) is 14.3. The van der Waals surface area contributed by atoms with Gasteiger partial charge in [-0.25, -0.2) is 0 Å². The molecule has 0 fully saturated rings. The van der Waals surface area contributed by atoms with Crippen LogP contribution in [-0.2, 0) is 16.2 Å². The molecule has 0 unspecified atom stereocenters. The van der Waals surface area contributed by atoms with Crippen molar-refractivity contribution in [1.82, 2.24) is 0 Å². The summed E-state index contributed by atoms with van der Waals surface area (Å²) in [6.45, 7) is 14.2. The maximum atomic E-state index is 2.71. The van der Waals surface area contributed by atoms with Crippen molar-refractivity contribution >= 4 is 43.1 Å². The van der Waals surface area contributed by atoms with E-state index in [1.807, 2.05) is 0 Å². The lowest BCUT2D eigenvalue weighted by Gasteiger charge is -2.34. The first-order valence-electron chi connectivity index (χ1n) is 38.5. The predicted molar refractivity (Wildman–Crippen MR) is 422 cm³/mol. The van der Waals surface area contributed by atoms with Crippen molar-refractivity contribution in [2.24, 2.45) is 0 Å². The molecule has 0 radical (unpaired) electrons. The molecule has 0 amide bonds. The first-order valence-corrected chi connectivity index (χ1v) is 38.5. The van der Waals surface area contributed by atoms with Crippen LogP contribution in [0.1, 0.15) is 229 Å². The van der Waals surface area contributed by atoms with E-state index in [4.69, 9.17) is 0 Å². The molecule has 0 aliphatic heterocycles. The summed E-state index contributed by atoms with van der Waals surface area (Å²) < 4.78 is 0. The first kappa shape index (κ1) is 64.7. The highest BCUT2D eigenvalue weighted by molar-refractivity contribution is 6.23. The summed E-state index contributed by atoms with van der Waals surface area (Å²) in [4.78, 5) is 0. The van der Waals surface area contributed by atoms with Gasteiger partial charge in [0.05, 0.1) is 0 Å². The van der Waals surface area contributed by atoms with Crippen molar-refractivity contribution in [1.29, 1.82) is 0 Å². The summed E-state index contributed by atoms with van der Waals surface area (Å²) in [5.41, 5.74) is 28.6. The van der Waals surface area contributed by atoms with Crippen LogP contribution in [0.15, 0.2) is 218 Å². The van der Waals surface area contributed by atoms with Crippen LogP contribution in [0, 0.1) is 0 Å². The third-order valence-corrected chi connectivity index (χ3v) is 24.2. The predicted octanol–water partition coefficient (Wildman–Crippen LogP) is 29.2. The second kappa shape index (κ2) is 27.9. The van der Waals surface area contributed by atoms with E-state index < -0.39 is 0 Å². The van der Waals surface area contributed by atoms with E-state index in [-0.39, 0.29) is 16.2 Å². The molecule has 3 aliphatic rings. The Balaban J connectivity index is 0.884. The van der Waals surface area contributed by atoms with Gasteiger partial charge in [0, 0.05) is 16.2 Å². The van der Waals surface area contributed by atoms with E-state index in [1.54, 1.807) is 22.3 Å². The van der Waals surface area contributed by atoms with Crippen LogP contribution < -0.4 is 0 Å². The number of unbranched alkanes of at least 4 members (excludes halogenated alkanes) is 12. The smallest absolute Gasteiger partial charge is 0.0215 e. The average molecular weight is 1270 g/mol. The molecule has 0 bridgehead atoms. The van der Waals surface area contributed by atoms with Gasteiger partial charge in [0.1, 0.15) is 0 Å². The summed E-state index contributed by atoms with van der Waals surface area (Å²) in [7, 11) is 0. The standard InChI is InChI=1S/C97H102/c1-7-13-31-57-95(58-32-14-8-2)85-47-29-27-37-71(85)73-53-49-67(63-87(73)95)91-77-39-19-23-43-81(77)93(82-44-24-20-40-78(82)91)69-51-55-75-76-56-52-70(66-90(76)97(89(75)65-69,61-35-17-11-5)62-36-18-12-6)94-83-45-25-21-41-79(83)92(80-42-22-26-46-84(80)94)68-50-54-74-72-38-28-30-48-86(72)96(88(74)64-68,59-33-15-9-3)60-34-16-10-4/h19-30,37-56,63-66H,7-18,31-36,57-62H2,1-6H3. The summed E-state index contributed by atoms with van der Waals surface area (Å²) in [6.07, 6.45) is 29.4. The highest BCUT2D eigenvalue weighted by Crippen LogP contribution is 2.61. The third-order valence-electron chi connectivity index (χ3n) is 24.2. The van der Waals surface area contributed by atoms with Crippen LogP contribution in [0.5, 0.6) is 0 Å². The lowest BCUT2D eigenvalue weighted by Crippen LogP contribution is -2.25. The highest BCUT2D eigenvalue weighted by atomic mass is 14.5. The van der Waals surface area contributed by atoms with Gasteiger partial charge >= 0.3 is 0 Å². The molecular formula is C97H102. The lowest BCUT2D eigenvalue weighted by molar-refractivity contribution is 0.405. The Morgan fingerprint density at radius 2 is 0.371 bits per heavy atom. The molecular weight excluding hydrogens is 1170 g/mol. The van der Waals surface area contributed by atoms with Crippen LogP contribution in [0.4, 0.5) is 0 Å². The maximum absolute atomic E-state index is 2.71. The van der Waals surface area contributed by atoms with Crippen molar-refractivity contribution in [2.75, 3.05) is 0 Å². The Labute approximate surface area is 581 Å². The zero-order valence-electron chi connectivity index (χ0n) is 59.3. The monoisotopic (exact) mass is 1270 g/mol. The Kier molecular flexibility index (Phi) is 18.6. The number of hydrogen-bond acceptors (Lipinski definition) is 0. The van der Waals surface area contributed by atoms with Gasteiger partial charge in [-0.05, 0) is 217 Å². The van der Waals surface area contributed by atoms with Crippen LogP contribution in [-0.4, -0.2) is 0 Å². The highest BCUT2D eigenvalue weighted by Gasteiger charge is 2.46. The molecule has 97 heavy (non-hydrogen) atoms. The fourth-order valence-corrected chi connectivity index (χ4v) is 19.6. The van der Waals surface area contributed by atoms with E-state index >= 15 is 0 Å². The van der Waals surface area contributed by atoms with Crippen LogP contribution in [0.3, 0.4) is 0 Å². The molecule has 0 saturated heterocycles. The van der Waals surface area contributed by atoms with Gasteiger partial charge in [0.15, 0.2) is 0 Å². The van der Waals surface area contributed by atoms with E-state index in [0.29, 0.717) is 0 Å². The Bertz CT molecular complexity index is 4430. The number of hydrogen-bond donors (Lipinski definition) is 0. The SMILES string of the molecule is CCCCCC1(CCCCC)c2ccccc2-c2ccc(-c3c4ccccc4c(-c4ccc5c(c4)C(CCCCC)(CCCCC)c4cc(-c6c7ccccc7c(-c7ccc8c(c7)C(CCCCC)(CCCCC)c7ccccc7-8)c7ccccc67)ccc4-5)c4ccccc34)cc21. The van der Waals surface area contributed by atoms with Gasteiger partial charge in [-0.2, -0.15) is 0 Å². The zero-order valence-corrected chi connectivity index (χ0v) is 59.3. The summed E-state index contributed by atoms with van der Waals surface area (Å²) >= 11 is 0. The third kappa shape index (κ3) is 11.0. The molecule has 0 heterocycles. The Hall–Kier alpha value is -8.32. The molecule has 15 rings (SSSR count). The quantitative estimate of drug-likeness (QED) is 0.0339. The minimum atomic E-state index is -0.149. The van der Waals surface area contributed by atoms with E-state index in [9.17, 15) is 0 Å². The average Bonchev–Trinajstić information content (AvgIpc) is 1.71. The number of benzene rings is 12. The zero-order chi connectivity index (χ0) is 66.1. The first-order chi connectivity index (χ1) is 47.9. The van der Waals surface area contributed by atoms with Gasteiger partial charge in [-0.1, -0.05) is 351 Å². The molecule has 0 saturated carbocycles. The van der Waals surface area contributed by atoms with Gasteiger partial charge < -0.3 is 0 Å². The van der Waals surface area contributed by atoms with E-state index in [0.717, 1.165) is 12.8 Å². The van der Waals surface area contributed by atoms with E-state index in [1.165, 1.54) is 273 Å². The van der Waals surface area contributed by atoms with Crippen molar-refractivity contribution in [3.05, 3.63) is 252 Å². The topological polar surface area (TPSA) is 0 Å². The molecule has 490 valence electrons. The summed E-state index contributed by atoms with van der Waals surface area (Å²) in [5, 5.41) is 10.7. The molecule has 0 N–H and O–H groups in total. The molecule has 0 aromatic heterocycles. The van der Waals surface area contributed by atoms with Crippen molar-refractivity contribution < 1.29 is 0 Å². The molecule has 0 nitrogen and oxygen atoms in total. The minimum absolute atomic E-state index is 0.0140. The Morgan fingerprint density at radius 1 is 0.186 bits per heavy atom. The molecule has 3 aliphatic carbocycles. The minimum Gasteiger partial charge on any atom is -0.0654 e. The van der Waals surface area contributed by atoms with Gasteiger partial charge in [0.25, 0.3) is 0 Å².